The van der Waals surface area contributed by atoms with E-state index in [1.54, 1.807) is 43.8 Å². The van der Waals surface area contributed by atoms with E-state index in [4.69, 9.17) is 22.1 Å². The van der Waals surface area contributed by atoms with Gasteiger partial charge in [0.05, 0.1) is 23.9 Å². The van der Waals surface area contributed by atoms with Crippen molar-refractivity contribution in [3.8, 4) is 5.75 Å². The highest BCUT2D eigenvalue weighted by molar-refractivity contribution is 6.31. The van der Waals surface area contributed by atoms with Gasteiger partial charge in [-0.3, -0.25) is 9.97 Å². The number of nitrogens with zero attached hydrogens (tertiary/aromatic N) is 2. The lowest BCUT2D eigenvalue weighted by molar-refractivity contribution is 0.404. The summed E-state index contributed by atoms with van der Waals surface area (Å²) in [6.07, 6.45) is 3.31. The van der Waals surface area contributed by atoms with Gasteiger partial charge in [-0.25, -0.2) is 0 Å². The average molecular weight is 250 g/mol. The van der Waals surface area contributed by atoms with E-state index in [0.29, 0.717) is 22.2 Å². The van der Waals surface area contributed by atoms with E-state index in [9.17, 15) is 0 Å². The third-order valence-electron chi connectivity index (χ3n) is 2.40. The Morgan fingerprint density at radius 3 is 2.47 bits per heavy atom. The highest BCUT2D eigenvalue weighted by Crippen LogP contribution is 2.28. The Kier molecular flexibility index (Phi) is 3.56. The highest BCUT2D eigenvalue weighted by atomic mass is 35.5. The minimum Gasteiger partial charge on any atom is -0.495 e. The molecule has 2 aromatic heterocycles. The largest absolute Gasteiger partial charge is 0.495 e. The first-order chi connectivity index (χ1) is 8.24. The maximum atomic E-state index is 6.10. The summed E-state index contributed by atoms with van der Waals surface area (Å²) in [5.74, 6) is 0.627. The maximum absolute atomic E-state index is 6.10. The van der Waals surface area contributed by atoms with E-state index in [1.807, 2.05) is 0 Å². The molecular weight excluding hydrogens is 238 g/mol. The highest BCUT2D eigenvalue weighted by Gasteiger charge is 2.18. The molecule has 0 saturated heterocycles. The van der Waals surface area contributed by atoms with Crippen molar-refractivity contribution in [3.05, 3.63) is 53.1 Å². The Morgan fingerprint density at radius 1 is 1.18 bits per heavy atom. The van der Waals surface area contributed by atoms with Crippen molar-refractivity contribution in [1.29, 1.82) is 0 Å². The van der Waals surface area contributed by atoms with E-state index in [1.165, 1.54) is 0 Å². The smallest absolute Gasteiger partial charge is 0.142 e. The van der Waals surface area contributed by atoms with Crippen molar-refractivity contribution in [2.24, 2.45) is 5.73 Å². The zero-order valence-corrected chi connectivity index (χ0v) is 10.1. The summed E-state index contributed by atoms with van der Waals surface area (Å²) in [6.45, 7) is 0. The number of ether oxygens (including phenoxy) is 1. The van der Waals surface area contributed by atoms with Crippen LogP contribution in [-0.2, 0) is 0 Å². The molecule has 1 atom stereocenters. The van der Waals surface area contributed by atoms with E-state index in [2.05, 4.69) is 9.97 Å². The number of hydrogen-bond acceptors (Lipinski definition) is 4. The molecule has 88 valence electrons. The number of halogens is 1. The maximum Gasteiger partial charge on any atom is 0.142 e. The quantitative estimate of drug-likeness (QED) is 0.906. The molecule has 0 fully saturated rings. The van der Waals surface area contributed by atoms with Gasteiger partial charge in [-0.05, 0) is 24.3 Å². The van der Waals surface area contributed by atoms with Gasteiger partial charge in [-0.2, -0.15) is 0 Å². The first kappa shape index (κ1) is 11.8. The first-order valence-corrected chi connectivity index (χ1v) is 5.46. The second-order valence-corrected chi connectivity index (χ2v) is 3.85. The zero-order chi connectivity index (χ0) is 12.3. The van der Waals surface area contributed by atoms with Gasteiger partial charge in [0.1, 0.15) is 11.4 Å². The van der Waals surface area contributed by atoms with Gasteiger partial charge >= 0.3 is 0 Å². The molecule has 2 aromatic rings. The van der Waals surface area contributed by atoms with Gasteiger partial charge < -0.3 is 10.5 Å². The van der Waals surface area contributed by atoms with E-state index >= 15 is 0 Å². The van der Waals surface area contributed by atoms with E-state index in [0.717, 1.165) is 0 Å². The van der Waals surface area contributed by atoms with Crippen molar-refractivity contribution in [2.45, 2.75) is 6.04 Å². The van der Waals surface area contributed by atoms with E-state index < -0.39 is 6.04 Å². The Hall–Kier alpha value is -1.65. The molecule has 0 amide bonds. The molecule has 4 nitrogen and oxygen atoms in total. The zero-order valence-electron chi connectivity index (χ0n) is 9.30. The van der Waals surface area contributed by atoms with E-state index in [-0.39, 0.29) is 0 Å². The average Bonchev–Trinajstić information content (AvgIpc) is 2.38. The molecule has 17 heavy (non-hydrogen) atoms. The van der Waals surface area contributed by atoms with Crippen molar-refractivity contribution in [2.75, 3.05) is 7.11 Å². The summed E-state index contributed by atoms with van der Waals surface area (Å²) >= 11 is 6.05. The second kappa shape index (κ2) is 5.12. The minimum atomic E-state index is -0.500. The van der Waals surface area contributed by atoms with Crippen LogP contribution in [0.2, 0.25) is 5.02 Å². The Morgan fingerprint density at radius 2 is 1.82 bits per heavy atom. The van der Waals surface area contributed by atoms with Crippen molar-refractivity contribution in [1.82, 2.24) is 9.97 Å². The second-order valence-electron chi connectivity index (χ2n) is 3.44. The molecule has 0 aliphatic carbocycles. The molecule has 5 heteroatoms. The predicted octanol–water partition coefficient (Wildman–Crippen LogP) is 2.19. The van der Waals surface area contributed by atoms with Gasteiger partial charge in [0.25, 0.3) is 0 Å². The van der Waals surface area contributed by atoms with Crippen LogP contribution in [0.1, 0.15) is 17.4 Å². The number of hydrogen-bond donors (Lipinski definition) is 1. The third kappa shape index (κ3) is 2.38. The van der Waals surface area contributed by atoms with Gasteiger partial charge in [0.2, 0.25) is 0 Å². The van der Waals surface area contributed by atoms with Crippen LogP contribution in [-0.4, -0.2) is 17.1 Å². The van der Waals surface area contributed by atoms with Gasteiger partial charge in [-0.1, -0.05) is 11.6 Å². The third-order valence-corrected chi connectivity index (χ3v) is 2.72. The number of rotatable bonds is 3. The number of aromatic nitrogens is 2. The molecule has 2 N–H and O–H groups in total. The fourth-order valence-electron chi connectivity index (χ4n) is 1.57. The molecule has 0 bridgehead atoms. The summed E-state index contributed by atoms with van der Waals surface area (Å²) in [5, 5.41) is 0.521. The topological polar surface area (TPSA) is 61.0 Å². The lowest BCUT2D eigenvalue weighted by Crippen LogP contribution is -2.16. The van der Waals surface area contributed by atoms with Crippen molar-refractivity contribution >= 4 is 11.6 Å². The van der Waals surface area contributed by atoms with Crippen LogP contribution in [0, 0.1) is 0 Å². The molecule has 2 heterocycles. The lowest BCUT2D eigenvalue weighted by Gasteiger charge is -2.14. The van der Waals surface area contributed by atoms with Crippen LogP contribution in [0.3, 0.4) is 0 Å². The molecular formula is C12H12ClN3O. The molecule has 0 aromatic carbocycles. The van der Waals surface area contributed by atoms with Crippen molar-refractivity contribution in [3.63, 3.8) is 0 Å². The molecule has 0 aliphatic heterocycles. The summed E-state index contributed by atoms with van der Waals surface area (Å²) in [5.41, 5.74) is 7.31. The molecule has 0 spiro atoms. The number of nitrogens with two attached hydrogens (primary N) is 1. The van der Waals surface area contributed by atoms with Crippen LogP contribution >= 0.6 is 11.6 Å². The van der Waals surface area contributed by atoms with Crippen LogP contribution in [0.5, 0.6) is 5.75 Å². The fraction of sp³-hybridized carbons (Fsp3) is 0.167. The number of pyridine rings is 2. The number of methoxy groups -OCH3 is 1. The Labute approximate surface area is 104 Å². The van der Waals surface area contributed by atoms with Crippen molar-refractivity contribution < 1.29 is 4.74 Å². The van der Waals surface area contributed by atoms with Crippen LogP contribution < -0.4 is 10.5 Å². The predicted molar refractivity (Wildman–Crippen MR) is 66.1 cm³/mol. The lowest BCUT2D eigenvalue weighted by atomic mass is 10.1. The van der Waals surface area contributed by atoms with Crippen LogP contribution in [0.25, 0.3) is 0 Å². The Balaban J connectivity index is 2.44. The monoisotopic (exact) mass is 249 g/mol. The fourth-order valence-corrected chi connectivity index (χ4v) is 1.80. The van der Waals surface area contributed by atoms with Gasteiger partial charge in [-0.15, -0.1) is 0 Å². The first-order valence-electron chi connectivity index (χ1n) is 5.09. The Bertz CT molecular complexity index is 519. The van der Waals surface area contributed by atoms with Gasteiger partial charge in [0, 0.05) is 12.4 Å². The molecule has 0 radical (unpaired) electrons. The molecule has 2 rings (SSSR count). The summed E-state index contributed by atoms with van der Waals surface area (Å²) in [4.78, 5) is 8.40. The summed E-state index contributed by atoms with van der Waals surface area (Å²) in [7, 11) is 1.58. The summed E-state index contributed by atoms with van der Waals surface area (Å²) < 4.78 is 5.21. The molecule has 1 unspecified atom stereocenters. The molecule has 0 aliphatic rings. The summed E-state index contributed by atoms with van der Waals surface area (Å²) in [6, 6.07) is 6.60. The van der Waals surface area contributed by atoms with Gasteiger partial charge in [0.15, 0.2) is 0 Å². The normalized spacial score (nSPS) is 12.2. The minimum absolute atomic E-state index is 0.500. The van der Waals surface area contributed by atoms with Crippen LogP contribution in [0.4, 0.5) is 0 Å². The standard InChI is InChI=1S/C12H12ClN3O/c1-17-9-5-3-7-16-12(9)10(14)11-8(13)4-2-6-15-11/h2-7,10H,14H2,1H3. The SMILES string of the molecule is COc1cccnc1C(N)c1ncccc1Cl. The van der Waals surface area contributed by atoms with Crippen LogP contribution in [0.15, 0.2) is 36.7 Å². The molecule has 0 saturated carbocycles.